The monoisotopic (exact) mass is 212 g/mol. The zero-order valence-corrected chi connectivity index (χ0v) is 10.5. The van der Waals surface area contributed by atoms with Crippen molar-refractivity contribution in [2.45, 2.75) is 46.1 Å². The van der Waals surface area contributed by atoms with Gasteiger partial charge in [0.15, 0.2) is 0 Å². The van der Waals surface area contributed by atoms with E-state index in [1.807, 2.05) is 20.8 Å². The van der Waals surface area contributed by atoms with Gasteiger partial charge in [0.1, 0.15) is 0 Å². The highest BCUT2D eigenvalue weighted by molar-refractivity contribution is 4.91. The predicted molar refractivity (Wildman–Crippen MR) is 62.4 cm³/mol. The Morgan fingerprint density at radius 1 is 1.40 bits per heavy atom. The Hall–Kier alpha value is -0.590. The smallest absolute Gasteiger partial charge is 0.0683 e. The maximum absolute atomic E-state index is 9.12. The first-order valence-corrected chi connectivity index (χ1v) is 5.65. The average molecular weight is 212 g/mol. The lowest BCUT2D eigenvalue weighted by molar-refractivity contribution is 0.163. The van der Waals surface area contributed by atoms with Crippen LogP contribution in [0.5, 0.6) is 0 Å². The Kier molecular flexibility index (Phi) is 6.55. The Bertz CT molecular complexity index is 206. The molecule has 0 aromatic carbocycles. The van der Waals surface area contributed by atoms with Gasteiger partial charge in [0, 0.05) is 6.54 Å². The number of nitrogens with zero attached hydrogens (tertiary/aromatic N) is 2. The molecule has 0 fully saturated rings. The van der Waals surface area contributed by atoms with Crippen molar-refractivity contribution in [1.82, 2.24) is 4.90 Å². The summed E-state index contributed by atoms with van der Waals surface area (Å²) in [7, 11) is 2.06. The second kappa shape index (κ2) is 6.81. The lowest BCUT2D eigenvalue weighted by Crippen LogP contribution is -2.24. The second-order valence-electron chi connectivity index (χ2n) is 5.04. The third-order valence-electron chi connectivity index (χ3n) is 2.57. The molecule has 0 spiro atoms. The molecule has 3 nitrogen and oxygen atoms in total. The molecule has 88 valence electrons. The molecule has 0 saturated heterocycles. The van der Waals surface area contributed by atoms with Gasteiger partial charge in [-0.2, -0.15) is 5.26 Å². The predicted octanol–water partition coefficient (Wildman–Crippen LogP) is 2.02. The van der Waals surface area contributed by atoms with E-state index in [-0.39, 0.29) is 11.5 Å². The molecular formula is C12H24N2O. The van der Waals surface area contributed by atoms with Crippen LogP contribution >= 0.6 is 0 Å². The number of rotatable bonds is 7. The van der Waals surface area contributed by atoms with Crippen LogP contribution in [0.25, 0.3) is 0 Å². The molecular weight excluding hydrogens is 188 g/mol. The topological polar surface area (TPSA) is 47.3 Å². The molecule has 0 aromatic heterocycles. The fraction of sp³-hybridized carbons (Fsp3) is 0.917. The van der Waals surface area contributed by atoms with E-state index < -0.39 is 0 Å². The first-order chi connectivity index (χ1) is 6.87. The third kappa shape index (κ3) is 8.41. The fourth-order valence-corrected chi connectivity index (χ4v) is 1.37. The van der Waals surface area contributed by atoms with Crippen LogP contribution in [0.3, 0.4) is 0 Å². The molecule has 15 heavy (non-hydrogen) atoms. The van der Waals surface area contributed by atoms with Crippen molar-refractivity contribution in [2.24, 2.45) is 5.41 Å². The molecule has 0 saturated carbocycles. The highest BCUT2D eigenvalue weighted by Crippen LogP contribution is 2.20. The number of hydrogen-bond donors (Lipinski definition) is 1. The number of nitriles is 1. The van der Waals surface area contributed by atoms with Crippen LogP contribution in [-0.2, 0) is 0 Å². The maximum Gasteiger partial charge on any atom is 0.0683 e. The summed E-state index contributed by atoms with van der Waals surface area (Å²) in [5.74, 6) is 0. The molecule has 1 N–H and O–H groups in total. The number of aliphatic hydroxyl groups is 1. The molecule has 0 radical (unpaired) electrons. The summed E-state index contributed by atoms with van der Waals surface area (Å²) in [6, 6.07) is 2.31. The Morgan fingerprint density at radius 2 is 2.00 bits per heavy atom. The van der Waals surface area contributed by atoms with Crippen molar-refractivity contribution in [2.75, 3.05) is 20.1 Å². The van der Waals surface area contributed by atoms with Crippen molar-refractivity contribution in [3.8, 4) is 6.07 Å². The third-order valence-corrected chi connectivity index (χ3v) is 2.57. The lowest BCUT2D eigenvalue weighted by Gasteiger charge is -2.20. The summed E-state index contributed by atoms with van der Waals surface area (Å²) in [6.07, 6.45) is 2.57. The van der Waals surface area contributed by atoms with E-state index in [0.717, 1.165) is 32.4 Å². The van der Waals surface area contributed by atoms with Crippen molar-refractivity contribution in [3.63, 3.8) is 0 Å². The standard InChI is InChI=1S/C12H24N2O/c1-11(15)6-9-14(4)8-5-7-12(2,3)10-13/h11,15H,5-9H2,1-4H3. The van der Waals surface area contributed by atoms with Gasteiger partial charge in [-0.25, -0.2) is 0 Å². The van der Waals surface area contributed by atoms with E-state index in [0.29, 0.717) is 0 Å². The van der Waals surface area contributed by atoms with Crippen molar-refractivity contribution in [1.29, 1.82) is 5.26 Å². The van der Waals surface area contributed by atoms with Crippen LogP contribution in [0.2, 0.25) is 0 Å². The summed E-state index contributed by atoms with van der Waals surface area (Å²) in [6.45, 7) is 7.68. The minimum absolute atomic E-state index is 0.203. The fourth-order valence-electron chi connectivity index (χ4n) is 1.37. The Balaban J connectivity index is 3.56. The van der Waals surface area contributed by atoms with E-state index in [9.17, 15) is 0 Å². The molecule has 0 aromatic rings. The maximum atomic E-state index is 9.12. The zero-order chi connectivity index (χ0) is 11.9. The van der Waals surface area contributed by atoms with Gasteiger partial charge in [-0.3, -0.25) is 0 Å². The molecule has 0 heterocycles. The zero-order valence-electron chi connectivity index (χ0n) is 10.5. The van der Waals surface area contributed by atoms with Crippen LogP contribution in [0, 0.1) is 16.7 Å². The molecule has 0 bridgehead atoms. The van der Waals surface area contributed by atoms with E-state index in [1.54, 1.807) is 0 Å². The average Bonchev–Trinajstić information content (AvgIpc) is 2.14. The summed E-state index contributed by atoms with van der Waals surface area (Å²) in [5, 5.41) is 18.0. The molecule has 0 aliphatic heterocycles. The molecule has 3 heteroatoms. The van der Waals surface area contributed by atoms with Crippen molar-refractivity contribution in [3.05, 3.63) is 0 Å². The van der Waals surface area contributed by atoms with Crippen LogP contribution in [0.15, 0.2) is 0 Å². The number of hydrogen-bond acceptors (Lipinski definition) is 3. The van der Waals surface area contributed by atoms with Crippen molar-refractivity contribution < 1.29 is 5.11 Å². The van der Waals surface area contributed by atoms with Gasteiger partial charge in [0.05, 0.1) is 17.6 Å². The highest BCUT2D eigenvalue weighted by atomic mass is 16.3. The second-order valence-corrected chi connectivity index (χ2v) is 5.04. The normalized spacial score (nSPS) is 13.9. The quantitative estimate of drug-likeness (QED) is 0.702. The van der Waals surface area contributed by atoms with Crippen LogP contribution in [-0.4, -0.2) is 36.2 Å². The molecule has 0 rings (SSSR count). The highest BCUT2D eigenvalue weighted by Gasteiger charge is 2.15. The van der Waals surface area contributed by atoms with E-state index in [1.165, 1.54) is 0 Å². The molecule has 0 aliphatic carbocycles. The first kappa shape index (κ1) is 14.4. The summed E-state index contributed by atoms with van der Waals surface area (Å²) < 4.78 is 0. The van der Waals surface area contributed by atoms with Crippen LogP contribution < -0.4 is 0 Å². The molecule has 1 unspecified atom stereocenters. The largest absolute Gasteiger partial charge is 0.393 e. The minimum atomic E-state index is -0.219. The summed E-state index contributed by atoms with van der Waals surface area (Å²) in [5.41, 5.74) is -0.203. The number of aliphatic hydroxyl groups excluding tert-OH is 1. The Labute approximate surface area is 93.7 Å². The van der Waals surface area contributed by atoms with Gasteiger partial charge in [-0.05, 0) is 53.6 Å². The van der Waals surface area contributed by atoms with Gasteiger partial charge < -0.3 is 10.0 Å². The van der Waals surface area contributed by atoms with Gasteiger partial charge >= 0.3 is 0 Å². The first-order valence-electron chi connectivity index (χ1n) is 5.65. The SMILES string of the molecule is CC(O)CCN(C)CCCC(C)(C)C#N. The molecule has 0 amide bonds. The minimum Gasteiger partial charge on any atom is -0.393 e. The van der Waals surface area contributed by atoms with Gasteiger partial charge in [0.25, 0.3) is 0 Å². The molecule has 0 aliphatic rings. The Morgan fingerprint density at radius 3 is 2.47 bits per heavy atom. The lowest BCUT2D eigenvalue weighted by atomic mass is 9.90. The van der Waals surface area contributed by atoms with E-state index in [4.69, 9.17) is 10.4 Å². The van der Waals surface area contributed by atoms with E-state index >= 15 is 0 Å². The van der Waals surface area contributed by atoms with E-state index in [2.05, 4.69) is 18.0 Å². The summed E-state index contributed by atoms with van der Waals surface area (Å²) in [4.78, 5) is 2.21. The van der Waals surface area contributed by atoms with Gasteiger partial charge in [-0.1, -0.05) is 0 Å². The van der Waals surface area contributed by atoms with Gasteiger partial charge in [0.2, 0.25) is 0 Å². The summed E-state index contributed by atoms with van der Waals surface area (Å²) >= 11 is 0. The molecule has 1 atom stereocenters. The van der Waals surface area contributed by atoms with Crippen molar-refractivity contribution >= 4 is 0 Å². The van der Waals surface area contributed by atoms with Crippen LogP contribution in [0.1, 0.15) is 40.0 Å². The van der Waals surface area contributed by atoms with Gasteiger partial charge in [-0.15, -0.1) is 0 Å². The van der Waals surface area contributed by atoms with Crippen LogP contribution in [0.4, 0.5) is 0 Å².